The average Bonchev–Trinajstić information content (AvgIpc) is 2.66. The highest BCUT2D eigenvalue weighted by molar-refractivity contribution is 7.90. The number of pyridine rings is 1. The number of hydrogen-bond donors (Lipinski definition) is 1. The van der Waals surface area contributed by atoms with Gasteiger partial charge in [0.15, 0.2) is 9.84 Å². The molecule has 1 N–H and O–H groups in total. The molecule has 2 aliphatic heterocycles. The maximum Gasteiger partial charge on any atom is 0.179 e. The van der Waals surface area contributed by atoms with Crippen LogP contribution < -0.4 is 5.32 Å². The Morgan fingerprint density at radius 2 is 2.00 bits per heavy atom. The van der Waals surface area contributed by atoms with Crippen LogP contribution in [0, 0.1) is 5.92 Å². The summed E-state index contributed by atoms with van der Waals surface area (Å²) in [4.78, 5) is 7.00. The summed E-state index contributed by atoms with van der Waals surface area (Å²) in [5, 5.41) is 3.26. The van der Waals surface area contributed by atoms with Gasteiger partial charge in [0.25, 0.3) is 0 Å². The van der Waals surface area contributed by atoms with E-state index in [-0.39, 0.29) is 0 Å². The number of nitrogens with one attached hydrogen (secondary N) is 1. The summed E-state index contributed by atoms with van der Waals surface area (Å²) in [6, 6.07) is 4.68. The van der Waals surface area contributed by atoms with E-state index in [4.69, 9.17) is 0 Å². The third-order valence-electron chi connectivity index (χ3n) is 4.92. The van der Waals surface area contributed by atoms with E-state index < -0.39 is 9.84 Å². The maximum absolute atomic E-state index is 11.8. The van der Waals surface area contributed by atoms with Gasteiger partial charge in [-0.05, 0) is 50.8 Å². The number of aromatic nitrogens is 1. The smallest absolute Gasteiger partial charge is 0.179 e. The molecule has 0 aliphatic carbocycles. The first-order valence-electron chi connectivity index (χ1n) is 7.56. The third-order valence-corrected chi connectivity index (χ3v) is 6.05. The van der Waals surface area contributed by atoms with E-state index in [1.165, 1.54) is 31.9 Å². The van der Waals surface area contributed by atoms with E-state index in [0.717, 1.165) is 6.54 Å². The van der Waals surface area contributed by atoms with Gasteiger partial charge in [-0.3, -0.25) is 0 Å². The van der Waals surface area contributed by atoms with Gasteiger partial charge in [0.2, 0.25) is 0 Å². The van der Waals surface area contributed by atoms with Crippen molar-refractivity contribution in [2.24, 2.45) is 5.92 Å². The van der Waals surface area contributed by atoms with E-state index in [0.29, 0.717) is 28.7 Å². The molecule has 2 aliphatic rings. The first kappa shape index (κ1) is 14.8. The number of sulfone groups is 1. The van der Waals surface area contributed by atoms with E-state index >= 15 is 0 Å². The second kappa shape index (κ2) is 5.57. The maximum atomic E-state index is 11.8. The summed E-state index contributed by atoms with van der Waals surface area (Å²) in [6.07, 6.45) is 7.86. The lowest BCUT2D eigenvalue weighted by atomic mass is 9.91. The van der Waals surface area contributed by atoms with Gasteiger partial charge < -0.3 is 10.2 Å². The number of fused-ring (bicyclic) bond motifs is 2. The molecule has 2 fully saturated rings. The zero-order valence-corrected chi connectivity index (χ0v) is 13.4. The van der Waals surface area contributed by atoms with E-state index in [2.05, 4.69) is 22.2 Å². The van der Waals surface area contributed by atoms with Gasteiger partial charge in [0, 0.05) is 31.1 Å². The zero-order valence-electron chi connectivity index (χ0n) is 12.6. The molecule has 2 unspecified atom stereocenters. The Kier molecular flexibility index (Phi) is 3.92. The average molecular weight is 309 g/mol. The molecule has 21 heavy (non-hydrogen) atoms. The van der Waals surface area contributed by atoms with Crippen LogP contribution in [0.1, 0.15) is 25.7 Å². The SMILES string of the molecule is CN1C2CCC1CC(CNc1ncccc1S(C)(=O)=O)C2. The second-order valence-electron chi connectivity index (χ2n) is 6.39. The highest BCUT2D eigenvalue weighted by Crippen LogP contribution is 2.37. The Labute approximate surface area is 126 Å². The Balaban J connectivity index is 1.67. The molecule has 1 aromatic heterocycles. The fourth-order valence-corrected chi connectivity index (χ4v) is 4.56. The van der Waals surface area contributed by atoms with Crippen molar-refractivity contribution in [3.05, 3.63) is 18.3 Å². The highest BCUT2D eigenvalue weighted by atomic mass is 32.2. The lowest BCUT2D eigenvalue weighted by Crippen LogP contribution is -2.41. The third kappa shape index (κ3) is 3.06. The molecule has 0 amide bonds. The van der Waals surface area contributed by atoms with Crippen molar-refractivity contribution in [1.82, 2.24) is 9.88 Å². The van der Waals surface area contributed by atoms with Crippen molar-refractivity contribution in [2.45, 2.75) is 42.7 Å². The molecular formula is C15H23N3O2S. The van der Waals surface area contributed by atoms with Crippen LogP contribution in [0.2, 0.25) is 0 Å². The molecule has 116 valence electrons. The van der Waals surface area contributed by atoms with Gasteiger partial charge in [0.05, 0.1) is 0 Å². The molecule has 0 radical (unpaired) electrons. The normalized spacial score (nSPS) is 29.5. The lowest BCUT2D eigenvalue weighted by Gasteiger charge is -2.36. The molecule has 2 saturated heterocycles. The van der Waals surface area contributed by atoms with E-state index in [1.54, 1.807) is 18.3 Å². The van der Waals surface area contributed by atoms with Crippen LogP contribution in [0.3, 0.4) is 0 Å². The number of rotatable bonds is 4. The first-order valence-corrected chi connectivity index (χ1v) is 9.45. The fourth-order valence-electron chi connectivity index (χ4n) is 3.75. The van der Waals surface area contributed by atoms with Gasteiger partial charge in [0.1, 0.15) is 10.7 Å². The fraction of sp³-hybridized carbons (Fsp3) is 0.667. The number of anilines is 1. The molecule has 0 aromatic carbocycles. The molecule has 1 aromatic rings. The van der Waals surface area contributed by atoms with Crippen molar-refractivity contribution in [1.29, 1.82) is 0 Å². The quantitative estimate of drug-likeness (QED) is 0.918. The number of nitrogens with zero attached hydrogens (tertiary/aromatic N) is 2. The van der Waals surface area contributed by atoms with Crippen LogP contribution in [0.5, 0.6) is 0 Å². The predicted molar refractivity (Wildman–Crippen MR) is 83.1 cm³/mol. The monoisotopic (exact) mass is 309 g/mol. The lowest BCUT2D eigenvalue weighted by molar-refractivity contribution is 0.139. The Bertz CT molecular complexity index is 603. The molecule has 3 heterocycles. The molecule has 6 heteroatoms. The minimum atomic E-state index is -3.24. The van der Waals surface area contributed by atoms with Gasteiger partial charge in [-0.15, -0.1) is 0 Å². The van der Waals surface area contributed by atoms with Crippen molar-refractivity contribution in [3.8, 4) is 0 Å². The Morgan fingerprint density at radius 1 is 1.33 bits per heavy atom. The van der Waals surface area contributed by atoms with Crippen LogP contribution >= 0.6 is 0 Å². The van der Waals surface area contributed by atoms with Crippen molar-refractivity contribution < 1.29 is 8.42 Å². The minimum absolute atomic E-state index is 0.292. The predicted octanol–water partition coefficient (Wildman–Crippen LogP) is 1.77. The number of hydrogen-bond acceptors (Lipinski definition) is 5. The zero-order chi connectivity index (χ0) is 15.0. The molecule has 2 bridgehead atoms. The molecule has 0 spiro atoms. The Hall–Kier alpha value is -1.14. The molecule has 2 atom stereocenters. The van der Waals surface area contributed by atoms with Crippen molar-refractivity contribution in [2.75, 3.05) is 25.2 Å². The van der Waals surface area contributed by atoms with Crippen LogP contribution in [0.15, 0.2) is 23.2 Å². The van der Waals surface area contributed by atoms with Crippen LogP contribution in [-0.4, -0.2) is 50.2 Å². The first-order chi connectivity index (χ1) is 9.95. The molecular weight excluding hydrogens is 286 g/mol. The van der Waals surface area contributed by atoms with Crippen LogP contribution in [0.25, 0.3) is 0 Å². The van der Waals surface area contributed by atoms with Crippen LogP contribution in [-0.2, 0) is 9.84 Å². The van der Waals surface area contributed by atoms with Crippen LogP contribution in [0.4, 0.5) is 5.82 Å². The highest BCUT2D eigenvalue weighted by Gasteiger charge is 2.38. The van der Waals surface area contributed by atoms with Gasteiger partial charge in [-0.2, -0.15) is 0 Å². The second-order valence-corrected chi connectivity index (χ2v) is 8.38. The van der Waals surface area contributed by atoms with Gasteiger partial charge in [-0.1, -0.05) is 0 Å². The van der Waals surface area contributed by atoms with E-state index in [9.17, 15) is 8.42 Å². The molecule has 0 saturated carbocycles. The van der Waals surface area contributed by atoms with Gasteiger partial charge >= 0.3 is 0 Å². The van der Waals surface area contributed by atoms with Crippen molar-refractivity contribution in [3.63, 3.8) is 0 Å². The summed E-state index contributed by atoms with van der Waals surface area (Å²) in [5.74, 6) is 1.10. The topological polar surface area (TPSA) is 62.3 Å². The standard InChI is InChI=1S/C15H23N3O2S/c1-18-12-5-6-13(18)9-11(8-12)10-17-15-14(21(2,19)20)4-3-7-16-15/h3-4,7,11-13H,5-6,8-10H2,1-2H3,(H,16,17). The van der Waals surface area contributed by atoms with Crippen molar-refractivity contribution >= 4 is 15.7 Å². The van der Waals surface area contributed by atoms with E-state index in [1.807, 2.05) is 0 Å². The number of piperidine rings is 1. The largest absolute Gasteiger partial charge is 0.369 e. The molecule has 5 nitrogen and oxygen atoms in total. The summed E-state index contributed by atoms with van der Waals surface area (Å²) in [7, 11) is -1.01. The minimum Gasteiger partial charge on any atom is -0.369 e. The Morgan fingerprint density at radius 3 is 2.62 bits per heavy atom. The molecule has 3 rings (SSSR count). The summed E-state index contributed by atoms with van der Waals surface area (Å²) >= 11 is 0. The summed E-state index contributed by atoms with van der Waals surface area (Å²) in [6.45, 7) is 0.806. The van der Waals surface area contributed by atoms with Gasteiger partial charge in [-0.25, -0.2) is 13.4 Å². The summed E-state index contributed by atoms with van der Waals surface area (Å²) in [5.41, 5.74) is 0. The summed E-state index contributed by atoms with van der Waals surface area (Å²) < 4.78 is 23.6.